The first-order chi connectivity index (χ1) is 17.9. The van der Waals surface area contributed by atoms with Crippen LogP contribution in [0.4, 0.5) is 5.69 Å². The second-order valence-corrected chi connectivity index (χ2v) is 9.36. The van der Waals surface area contributed by atoms with E-state index in [1.807, 2.05) is 43.3 Å². The Bertz CT molecular complexity index is 1080. The van der Waals surface area contributed by atoms with Crippen molar-refractivity contribution in [3.63, 3.8) is 0 Å². The number of ether oxygens (including phenoxy) is 1. The Morgan fingerprint density at radius 3 is 2.59 bits per heavy atom. The minimum Gasteiger partial charge on any atom is -0.497 e. The minimum absolute atomic E-state index is 0.0872. The Morgan fingerprint density at radius 2 is 1.89 bits per heavy atom. The van der Waals surface area contributed by atoms with Crippen LogP contribution in [-0.2, 0) is 21.0 Å². The van der Waals surface area contributed by atoms with Crippen LogP contribution in [-0.4, -0.2) is 60.9 Å². The van der Waals surface area contributed by atoms with Crippen molar-refractivity contribution in [2.24, 2.45) is 11.1 Å². The molecule has 200 valence electrons. The van der Waals surface area contributed by atoms with E-state index in [0.717, 1.165) is 29.5 Å². The summed E-state index contributed by atoms with van der Waals surface area (Å²) in [5.41, 5.74) is 9.55. The Labute approximate surface area is 218 Å². The molecule has 0 saturated heterocycles. The van der Waals surface area contributed by atoms with Gasteiger partial charge in [0.15, 0.2) is 6.61 Å². The zero-order valence-electron chi connectivity index (χ0n) is 21.7. The molecule has 1 aliphatic rings. The molecule has 1 saturated carbocycles. The fraction of sp³-hybridized carbons (Fsp3) is 0.464. The number of anilines is 1. The summed E-state index contributed by atoms with van der Waals surface area (Å²) in [6, 6.07) is 12.9. The molecule has 0 radical (unpaired) electrons. The molecule has 0 bridgehead atoms. The first kappa shape index (κ1) is 28.0. The summed E-state index contributed by atoms with van der Waals surface area (Å²) in [5.74, 6) is 0.0882. The van der Waals surface area contributed by atoms with Crippen LogP contribution in [0.3, 0.4) is 0 Å². The lowest BCUT2D eigenvalue weighted by Crippen LogP contribution is -2.32. The number of hydrogen-bond acceptors (Lipinski definition) is 7. The van der Waals surface area contributed by atoms with Crippen molar-refractivity contribution in [3.8, 4) is 5.75 Å². The predicted octanol–water partition coefficient (Wildman–Crippen LogP) is 3.65. The number of carboxylic acids is 1. The van der Waals surface area contributed by atoms with Crippen LogP contribution in [0.25, 0.3) is 0 Å². The largest absolute Gasteiger partial charge is 0.497 e. The zero-order valence-corrected chi connectivity index (χ0v) is 21.7. The molecule has 3 rings (SSSR count). The molecule has 2 aromatic rings. The van der Waals surface area contributed by atoms with Gasteiger partial charge in [-0.1, -0.05) is 49.5 Å². The van der Waals surface area contributed by atoms with Crippen molar-refractivity contribution >= 4 is 23.3 Å². The summed E-state index contributed by atoms with van der Waals surface area (Å²) in [4.78, 5) is 30.9. The predicted molar refractivity (Wildman–Crippen MR) is 144 cm³/mol. The van der Waals surface area contributed by atoms with Gasteiger partial charge in [0.25, 0.3) is 5.91 Å². The summed E-state index contributed by atoms with van der Waals surface area (Å²) in [6.45, 7) is 3.23. The van der Waals surface area contributed by atoms with Gasteiger partial charge in [0, 0.05) is 29.9 Å². The monoisotopic (exact) mass is 510 g/mol. The lowest BCUT2D eigenvalue weighted by atomic mass is 9.89. The summed E-state index contributed by atoms with van der Waals surface area (Å²) in [5, 5.41) is 16.5. The van der Waals surface area contributed by atoms with Crippen LogP contribution in [0.2, 0.25) is 0 Å². The van der Waals surface area contributed by atoms with Crippen LogP contribution in [0.1, 0.15) is 55.7 Å². The molecule has 0 spiro atoms. The van der Waals surface area contributed by atoms with E-state index in [9.17, 15) is 14.7 Å². The van der Waals surface area contributed by atoms with Gasteiger partial charge < -0.3 is 25.7 Å². The first-order valence-electron chi connectivity index (χ1n) is 12.8. The maximum atomic E-state index is 12.4. The van der Waals surface area contributed by atoms with E-state index >= 15 is 0 Å². The molecule has 1 amide bonds. The van der Waals surface area contributed by atoms with Gasteiger partial charge in [0.2, 0.25) is 0 Å². The van der Waals surface area contributed by atoms with Gasteiger partial charge in [-0.3, -0.25) is 14.5 Å². The number of carbonyl (C=O) groups excluding carboxylic acids is 1. The Morgan fingerprint density at radius 1 is 1.14 bits per heavy atom. The summed E-state index contributed by atoms with van der Waals surface area (Å²) < 4.78 is 5.38. The quantitative estimate of drug-likeness (QED) is 0.213. The van der Waals surface area contributed by atoms with E-state index < -0.39 is 5.97 Å². The van der Waals surface area contributed by atoms with Crippen molar-refractivity contribution in [2.45, 2.75) is 45.6 Å². The fourth-order valence-electron chi connectivity index (χ4n) is 4.50. The number of nitrogens with two attached hydrogens (primary N) is 1. The van der Waals surface area contributed by atoms with Gasteiger partial charge in [-0.05, 0) is 55.1 Å². The molecule has 0 unspecified atom stereocenters. The second kappa shape index (κ2) is 14.2. The Kier molecular flexibility index (Phi) is 10.8. The number of aliphatic carboxylic acids is 1. The van der Waals surface area contributed by atoms with E-state index in [1.54, 1.807) is 18.1 Å². The fourth-order valence-corrected chi connectivity index (χ4v) is 4.50. The van der Waals surface area contributed by atoms with E-state index in [0.29, 0.717) is 42.7 Å². The molecule has 1 aliphatic carbocycles. The van der Waals surface area contributed by atoms with Crippen LogP contribution in [0.5, 0.6) is 5.75 Å². The third-order valence-electron chi connectivity index (χ3n) is 6.62. The number of benzene rings is 2. The van der Waals surface area contributed by atoms with Gasteiger partial charge >= 0.3 is 5.97 Å². The number of rotatable bonds is 13. The average molecular weight is 511 g/mol. The molecule has 4 N–H and O–H groups in total. The normalized spacial score (nSPS) is 14.4. The molecular formula is C28H38N4O5. The first-order valence-corrected chi connectivity index (χ1v) is 12.8. The number of oxime groups is 1. The van der Waals surface area contributed by atoms with Gasteiger partial charge in [0.1, 0.15) is 11.5 Å². The number of carboxylic acid groups (broad SMARTS) is 1. The number of nitrogen functional groups attached to an aromatic ring is 1. The number of amides is 1. The number of likely N-dealkylation sites (N-methyl/N-ethyl adjacent to an activating group) is 1. The maximum Gasteiger partial charge on any atom is 0.317 e. The van der Waals surface area contributed by atoms with E-state index in [-0.39, 0.29) is 19.1 Å². The number of carbonyl (C=O) groups is 2. The number of hydrogen-bond donors (Lipinski definition) is 3. The SMILES string of the molecule is CCN(CC(=O)O)Cc1cc(/C(=N\OCC(=O)NCC2CCCCC2)c2cccc(OC)c2)ccc1N. The zero-order chi connectivity index (χ0) is 26.6. The van der Waals surface area contributed by atoms with Gasteiger partial charge in [0.05, 0.1) is 13.7 Å². The van der Waals surface area contributed by atoms with Gasteiger partial charge in [-0.15, -0.1) is 0 Å². The van der Waals surface area contributed by atoms with E-state index in [1.165, 1.54) is 19.3 Å². The summed E-state index contributed by atoms with van der Waals surface area (Å²) >= 11 is 0. The standard InChI is InChI=1S/C28H38N4O5/c1-3-32(18-27(34)35)17-23-14-22(12-13-25(23)29)28(21-10-7-11-24(15-21)36-2)31-37-19-26(33)30-16-20-8-5-4-6-9-20/h7,10-15,20H,3-6,8-9,16-19,29H2,1-2H3,(H,30,33)(H,34,35)/b31-28-. The highest BCUT2D eigenvalue weighted by Crippen LogP contribution is 2.23. The van der Waals surface area contributed by atoms with Gasteiger partial charge in [-0.2, -0.15) is 0 Å². The lowest BCUT2D eigenvalue weighted by Gasteiger charge is -2.21. The van der Waals surface area contributed by atoms with Crippen molar-refractivity contribution in [1.82, 2.24) is 10.2 Å². The van der Waals surface area contributed by atoms with Crippen LogP contribution in [0, 0.1) is 5.92 Å². The minimum atomic E-state index is -0.898. The molecule has 1 fully saturated rings. The third-order valence-corrected chi connectivity index (χ3v) is 6.62. The Balaban J connectivity index is 1.79. The molecule has 0 aliphatic heterocycles. The highest BCUT2D eigenvalue weighted by Gasteiger charge is 2.16. The van der Waals surface area contributed by atoms with Crippen LogP contribution >= 0.6 is 0 Å². The van der Waals surface area contributed by atoms with E-state index in [4.69, 9.17) is 15.3 Å². The van der Waals surface area contributed by atoms with Crippen molar-refractivity contribution in [3.05, 3.63) is 59.2 Å². The molecule has 0 atom stereocenters. The third kappa shape index (κ3) is 8.78. The molecule has 0 aromatic heterocycles. The van der Waals surface area contributed by atoms with Crippen LogP contribution < -0.4 is 15.8 Å². The van der Waals surface area contributed by atoms with Crippen molar-refractivity contribution in [2.75, 3.05) is 39.1 Å². The highest BCUT2D eigenvalue weighted by molar-refractivity contribution is 6.13. The average Bonchev–Trinajstić information content (AvgIpc) is 2.91. The molecule has 9 nitrogen and oxygen atoms in total. The number of methoxy groups -OCH3 is 1. The number of nitrogens with zero attached hydrogens (tertiary/aromatic N) is 2. The summed E-state index contributed by atoms with van der Waals surface area (Å²) in [6.07, 6.45) is 6.03. The molecule has 37 heavy (non-hydrogen) atoms. The molecule has 9 heteroatoms. The van der Waals surface area contributed by atoms with Crippen LogP contribution in [0.15, 0.2) is 47.6 Å². The maximum absolute atomic E-state index is 12.4. The van der Waals surface area contributed by atoms with E-state index in [2.05, 4.69) is 10.5 Å². The molecular weight excluding hydrogens is 472 g/mol. The smallest absolute Gasteiger partial charge is 0.317 e. The highest BCUT2D eigenvalue weighted by atomic mass is 16.6. The topological polar surface area (TPSA) is 126 Å². The van der Waals surface area contributed by atoms with Gasteiger partial charge in [-0.25, -0.2) is 0 Å². The summed E-state index contributed by atoms with van der Waals surface area (Å²) in [7, 11) is 1.59. The molecule has 0 heterocycles. The Hall–Kier alpha value is -3.59. The second-order valence-electron chi connectivity index (χ2n) is 9.36. The van der Waals surface area contributed by atoms with Crippen molar-refractivity contribution < 1.29 is 24.3 Å². The number of nitrogens with one attached hydrogen (secondary N) is 1. The molecule has 2 aromatic carbocycles. The van der Waals surface area contributed by atoms with Crippen molar-refractivity contribution in [1.29, 1.82) is 0 Å². The lowest BCUT2D eigenvalue weighted by molar-refractivity contribution is -0.138.